The molecule has 1 aliphatic heterocycles. The summed E-state index contributed by atoms with van der Waals surface area (Å²) in [5.74, 6) is -0.269. The van der Waals surface area contributed by atoms with Crippen molar-refractivity contribution in [1.82, 2.24) is 4.90 Å². The lowest BCUT2D eigenvalue weighted by atomic mass is 9.91. The van der Waals surface area contributed by atoms with Gasteiger partial charge in [-0.25, -0.2) is 0 Å². The van der Waals surface area contributed by atoms with Crippen LogP contribution in [-0.2, 0) is 9.53 Å². The molecule has 2 N–H and O–H groups in total. The molecule has 4 heteroatoms. The Labute approximate surface area is 97.1 Å². The van der Waals surface area contributed by atoms with Crippen molar-refractivity contribution in [2.45, 2.75) is 44.2 Å². The summed E-state index contributed by atoms with van der Waals surface area (Å²) in [4.78, 5) is 14.1. The molecule has 0 aromatic carbocycles. The Morgan fingerprint density at radius 2 is 2.00 bits per heavy atom. The average Bonchev–Trinajstić information content (AvgIpc) is 2.82. The second-order valence-electron chi connectivity index (χ2n) is 5.02. The highest BCUT2D eigenvalue weighted by atomic mass is 16.5. The minimum absolute atomic E-state index is 0.0231. The Morgan fingerprint density at radius 1 is 1.31 bits per heavy atom. The van der Waals surface area contributed by atoms with Crippen LogP contribution >= 0.6 is 0 Å². The highest BCUT2D eigenvalue weighted by Gasteiger charge is 2.36. The van der Waals surface area contributed by atoms with Gasteiger partial charge in [0.15, 0.2) is 0 Å². The van der Waals surface area contributed by atoms with Gasteiger partial charge in [0.1, 0.15) is 0 Å². The van der Waals surface area contributed by atoms with Crippen molar-refractivity contribution < 1.29 is 9.53 Å². The molecular formula is C12H22N2O2. The van der Waals surface area contributed by atoms with Gasteiger partial charge in [-0.1, -0.05) is 12.8 Å². The Hall–Kier alpha value is -0.610. The van der Waals surface area contributed by atoms with Crippen LogP contribution in [0.25, 0.3) is 0 Å². The largest absolute Gasteiger partial charge is 0.469 e. The van der Waals surface area contributed by atoms with Crippen LogP contribution < -0.4 is 5.73 Å². The lowest BCUT2D eigenvalue weighted by Crippen LogP contribution is -2.52. The van der Waals surface area contributed by atoms with Crippen LogP contribution in [0.5, 0.6) is 0 Å². The van der Waals surface area contributed by atoms with Crippen LogP contribution in [0.4, 0.5) is 0 Å². The van der Waals surface area contributed by atoms with E-state index in [1.165, 1.54) is 32.8 Å². The van der Waals surface area contributed by atoms with Gasteiger partial charge < -0.3 is 10.5 Å². The predicted octanol–water partition coefficient (Wildman–Crippen LogP) is 0.751. The van der Waals surface area contributed by atoms with Crippen molar-refractivity contribution in [3.8, 4) is 0 Å². The third kappa shape index (κ3) is 2.38. The van der Waals surface area contributed by atoms with Crippen molar-refractivity contribution in [3.63, 3.8) is 0 Å². The summed E-state index contributed by atoms with van der Waals surface area (Å²) in [7, 11) is 1.45. The van der Waals surface area contributed by atoms with Crippen molar-refractivity contribution >= 4 is 5.97 Å². The van der Waals surface area contributed by atoms with E-state index in [1.54, 1.807) is 0 Å². The van der Waals surface area contributed by atoms with E-state index >= 15 is 0 Å². The van der Waals surface area contributed by atoms with Crippen molar-refractivity contribution in [2.75, 3.05) is 20.2 Å². The van der Waals surface area contributed by atoms with Crippen molar-refractivity contribution in [1.29, 1.82) is 0 Å². The molecule has 2 atom stereocenters. The number of methoxy groups -OCH3 is 1. The zero-order valence-electron chi connectivity index (χ0n) is 10.0. The quantitative estimate of drug-likeness (QED) is 0.706. The van der Waals surface area contributed by atoms with Gasteiger partial charge in [-0.3, -0.25) is 9.69 Å². The third-order valence-corrected chi connectivity index (χ3v) is 4.04. The summed E-state index contributed by atoms with van der Waals surface area (Å²) < 4.78 is 4.83. The van der Waals surface area contributed by atoms with E-state index in [-0.39, 0.29) is 17.9 Å². The first-order valence-corrected chi connectivity index (χ1v) is 6.30. The topological polar surface area (TPSA) is 55.6 Å². The number of ether oxygens (including phenoxy) is 1. The van der Waals surface area contributed by atoms with Gasteiger partial charge in [-0.15, -0.1) is 0 Å². The van der Waals surface area contributed by atoms with Gasteiger partial charge >= 0.3 is 5.97 Å². The fourth-order valence-corrected chi connectivity index (χ4v) is 3.00. The molecule has 1 heterocycles. The van der Waals surface area contributed by atoms with Gasteiger partial charge in [0.2, 0.25) is 0 Å². The van der Waals surface area contributed by atoms with E-state index in [9.17, 15) is 4.79 Å². The number of rotatable bonds is 2. The lowest BCUT2D eigenvalue weighted by Gasteiger charge is -2.38. The smallest absolute Gasteiger partial charge is 0.311 e. The first-order valence-electron chi connectivity index (χ1n) is 6.30. The molecule has 2 rings (SSSR count). The summed E-state index contributed by atoms with van der Waals surface area (Å²) in [6.07, 6.45) is 6.13. The number of carbonyl (C=O) groups is 1. The van der Waals surface area contributed by atoms with Crippen molar-refractivity contribution in [3.05, 3.63) is 0 Å². The van der Waals surface area contributed by atoms with E-state index in [2.05, 4.69) is 4.90 Å². The van der Waals surface area contributed by atoms with Gasteiger partial charge in [-0.2, -0.15) is 0 Å². The summed E-state index contributed by atoms with van der Waals surface area (Å²) in [5, 5.41) is 0. The molecular weight excluding hydrogens is 204 g/mol. The Bertz CT molecular complexity index is 251. The minimum Gasteiger partial charge on any atom is -0.469 e. The standard InChI is InChI=1S/C12H22N2O2/c1-16-12(15)10-8-14(7-6-11(10)13)9-4-2-3-5-9/h9-11H,2-8,13H2,1H3. The zero-order valence-corrected chi connectivity index (χ0v) is 10.0. The monoisotopic (exact) mass is 226 g/mol. The van der Waals surface area contributed by atoms with Gasteiger partial charge in [-0.05, 0) is 25.8 Å². The van der Waals surface area contributed by atoms with Gasteiger partial charge in [0.05, 0.1) is 13.0 Å². The molecule has 1 saturated heterocycles. The second-order valence-corrected chi connectivity index (χ2v) is 5.02. The predicted molar refractivity (Wildman–Crippen MR) is 61.9 cm³/mol. The second kappa shape index (κ2) is 5.15. The maximum atomic E-state index is 11.6. The molecule has 92 valence electrons. The number of hydrogen-bond donors (Lipinski definition) is 1. The zero-order chi connectivity index (χ0) is 11.5. The highest BCUT2D eigenvalue weighted by molar-refractivity contribution is 5.73. The molecule has 4 nitrogen and oxygen atoms in total. The van der Waals surface area contributed by atoms with Crippen molar-refractivity contribution in [2.24, 2.45) is 11.7 Å². The van der Waals surface area contributed by atoms with Crippen LogP contribution in [0.15, 0.2) is 0 Å². The fraction of sp³-hybridized carbons (Fsp3) is 0.917. The van der Waals surface area contributed by atoms with Crippen LogP contribution in [-0.4, -0.2) is 43.2 Å². The van der Waals surface area contributed by atoms with E-state index in [0.29, 0.717) is 6.04 Å². The molecule has 2 aliphatic rings. The van der Waals surface area contributed by atoms with Crippen LogP contribution in [0.3, 0.4) is 0 Å². The number of likely N-dealkylation sites (tertiary alicyclic amines) is 1. The van der Waals surface area contributed by atoms with E-state index in [4.69, 9.17) is 10.5 Å². The first kappa shape index (κ1) is 11.9. The number of hydrogen-bond acceptors (Lipinski definition) is 4. The Morgan fingerprint density at radius 3 is 2.62 bits per heavy atom. The molecule has 0 amide bonds. The maximum absolute atomic E-state index is 11.6. The molecule has 2 unspecified atom stereocenters. The molecule has 0 aromatic heterocycles. The third-order valence-electron chi connectivity index (χ3n) is 4.04. The van der Waals surface area contributed by atoms with Crippen LogP contribution in [0, 0.1) is 5.92 Å². The molecule has 1 saturated carbocycles. The summed E-state index contributed by atoms with van der Waals surface area (Å²) in [6, 6.07) is 0.657. The van der Waals surface area contributed by atoms with Gasteiger partial charge in [0.25, 0.3) is 0 Å². The average molecular weight is 226 g/mol. The fourth-order valence-electron chi connectivity index (χ4n) is 3.00. The van der Waals surface area contributed by atoms with E-state index in [0.717, 1.165) is 19.5 Å². The molecule has 0 radical (unpaired) electrons. The van der Waals surface area contributed by atoms with E-state index < -0.39 is 0 Å². The van der Waals surface area contributed by atoms with Gasteiger partial charge in [0, 0.05) is 18.6 Å². The number of nitrogens with two attached hydrogens (primary N) is 1. The minimum atomic E-state index is -0.143. The summed E-state index contributed by atoms with van der Waals surface area (Å²) >= 11 is 0. The summed E-state index contributed by atoms with van der Waals surface area (Å²) in [6.45, 7) is 1.83. The Kier molecular flexibility index (Phi) is 3.82. The SMILES string of the molecule is COC(=O)C1CN(C2CCCC2)CCC1N. The van der Waals surface area contributed by atoms with E-state index in [1.807, 2.05) is 0 Å². The van der Waals surface area contributed by atoms with Crippen LogP contribution in [0.2, 0.25) is 0 Å². The molecule has 2 fully saturated rings. The number of piperidine rings is 1. The summed E-state index contributed by atoms with van der Waals surface area (Å²) in [5.41, 5.74) is 5.99. The molecule has 1 aliphatic carbocycles. The maximum Gasteiger partial charge on any atom is 0.311 e. The lowest BCUT2D eigenvalue weighted by molar-refractivity contribution is -0.148. The number of nitrogens with zero attached hydrogens (tertiary/aromatic N) is 1. The number of carbonyl (C=O) groups excluding carboxylic acids is 1. The first-order chi connectivity index (χ1) is 7.72. The molecule has 16 heavy (non-hydrogen) atoms. The highest BCUT2D eigenvalue weighted by Crippen LogP contribution is 2.27. The molecule has 0 bridgehead atoms. The number of esters is 1. The molecule has 0 aromatic rings. The van der Waals surface area contributed by atoms with Crippen LogP contribution in [0.1, 0.15) is 32.1 Å². The molecule has 0 spiro atoms. The Balaban J connectivity index is 1.95. The normalized spacial score (nSPS) is 32.9.